The molecule has 0 aliphatic heterocycles. The highest BCUT2D eigenvalue weighted by atomic mass is 16.5. The lowest BCUT2D eigenvalue weighted by Gasteiger charge is -2.16. The van der Waals surface area contributed by atoms with Gasteiger partial charge in [0.15, 0.2) is 5.82 Å². The Bertz CT molecular complexity index is 581. The molecule has 1 heterocycles. The van der Waals surface area contributed by atoms with Gasteiger partial charge in [-0.05, 0) is 42.8 Å². The van der Waals surface area contributed by atoms with E-state index >= 15 is 0 Å². The highest BCUT2D eigenvalue weighted by molar-refractivity contribution is 5.77. The average molecular weight is 289 g/mol. The molecule has 1 unspecified atom stereocenters. The van der Waals surface area contributed by atoms with Crippen molar-refractivity contribution >= 4 is 5.69 Å². The fourth-order valence-electron chi connectivity index (χ4n) is 2.34. The van der Waals surface area contributed by atoms with Gasteiger partial charge in [-0.2, -0.15) is 0 Å². The maximum absolute atomic E-state index is 6.12. The third kappa shape index (κ3) is 3.32. The van der Waals surface area contributed by atoms with Gasteiger partial charge in [-0.1, -0.05) is 25.8 Å². The van der Waals surface area contributed by atoms with Gasteiger partial charge in [-0.25, -0.2) is 4.68 Å². The van der Waals surface area contributed by atoms with Gasteiger partial charge in [-0.3, -0.25) is 0 Å². The molecule has 1 aromatic carbocycles. The summed E-state index contributed by atoms with van der Waals surface area (Å²) >= 11 is 0. The quantitative estimate of drug-likeness (QED) is 0.792. The smallest absolute Gasteiger partial charge is 0.188 e. The van der Waals surface area contributed by atoms with Gasteiger partial charge in [0.2, 0.25) is 0 Å². The predicted molar refractivity (Wildman–Crippen MR) is 83.1 cm³/mol. The monoisotopic (exact) mass is 289 g/mol. The minimum atomic E-state index is 0.226. The maximum atomic E-state index is 6.12. The lowest BCUT2D eigenvalue weighted by Crippen LogP contribution is -2.10. The van der Waals surface area contributed by atoms with Crippen LogP contribution < -0.4 is 10.5 Å². The van der Waals surface area contributed by atoms with Gasteiger partial charge in [0, 0.05) is 5.69 Å². The molecule has 6 heteroatoms. The standard InChI is InChI=1S/C15H23N5O/c1-4-6-8-11(3)20-15(17-18-19-20)14-12(16)9-7-10-13(14)21-5-2/h7,9-11H,4-6,8,16H2,1-3H3. The van der Waals surface area contributed by atoms with Crippen molar-refractivity contribution in [2.75, 3.05) is 12.3 Å². The van der Waals surface area contributed by atoms with E-state index in [0.29, 0.717) is 18.1 Å². The number of unbranched alkanes of at least 4 members (excludes halogenated alkanes) is 1. The number of aromatic nitrogens is 4. The van der Waals surface area contributed by atoms with Crippen LogP contribution in [0.3, 0.4) is 0 Å². The number of anilines is 1. The fraction of sp³-hybridized carbons (Fsp3) is 0.533. The summed E-state index contributed by atoms with van der Waals surface area (Å²) < 4.78 is 7.51. The molecule has 1 atom stereocenters. The molecular weight excluding hydrogens is 266 g/mol. The molecule has 0 aliphatic carbocycles. The highest BCUT2D eigenvalue weighted by Gasteiger charge is 2.20. The van der Waals surface area contributed by atoms with Crippen molar-refractivity contribution < 1.29 is 4.74 Å². The van der Waals surface area contributed by atoms with Crippen LogP contribution in [-0.2, 0) is 0 Å². The number of tetrazole rings is 1. The van der Waals surface area contributed by atoms with E-state index in [4.69, 9.17) is 10.5 Å². The van der Waals surface area contributed by atoms with Gasteiger partial charge >= 0.3 is 0 Å². The number of benzene rings is 1. The molecule has 0 spiro atoms. The molecule has 0 saturated carbocycles. The lowest BCUT2D eigenvalue weighted by atomic mass is 10.1. The molecule has 114 valence electrons. The molecule has 2 N–H and O–H groups in total. The van der Waals surface area contributed by atoms with Crippen LogP contribution in [0.2, 0.25) is 0 Å². The normalized spacial score (nSPS) is 12.3. The summed E-state index contributed by atoms with van der Waals surface area (Å²) in [6.07, 6.45) is 3.33. The molecule has 2 rings (SSSR count). The van der Waals surface area contributed by atoms with Crippen molar-refractivity contribution in [2.24, 2.45) is 0 Å². The van der Waals surface area contributed by atoms with Gasteiger partial charge in [0.1, 0.15) is 5.75 Å². The number of hydrogen-bond donors (Lipinski definition) is 1. The van der Waals surface area contributed by atoms with E-state index in [1.54, 1.807) is 0 Å². The number of nitrogen functional groups attached to an aromatic ring is 1. The van der Waals surface area contributed by atoms with Crippen LogP contribution in [0.4, 0.5) is 5.69 Å². The van der Waals surface area contributed by atoms with Crippen molar-refractivity contribution in [3.8, 4) is 17.1 Å². The maximum Gasteiger partial charge on any atom is 0.188 e. The van der Waals surface area contributed by atoms with E-state index in [1.165, 1.54) is 0 Å². The largest absolute Gasteiger partial charge is 0.493 e. The summed E-state index contributed by atoms with van der Waals surface area (Å²) in [4.78, 5) is 0. The number of nitrogens with two attached hydrogens (primary N) is 1. The topological polar surface area (TPSA) is 78.9 Å². The molecule has 0 radical (unpaired) electrons. The molecule has 6 nitrogen and oxygen atoms in total. The van der Waals surface area contributed by atoms with Crippen molar-refractivity contribution in [1.82, 2.24) is 20.2 Å². The zero-order chi connectivity index (χ0) is 15.2. The summed E-state index contributed by atoms with van der Waals surface area (Å²) in [5.74, 6) is 1.39. The second kappa shape index (κ2) is 7.06. The molecule has 21 heavy (non-hydrogen) atoms. The first-order valence-corrected chi connectivity index (χ1v) is 7.48. The van der Waals surface area contributed by atoms with Crippen LogP contribution in [-0.4, -0.2) is 26.8 Å². The minimum absolute atomic E-state index is 0.226. The Kier molecular flexibility index (Phi) is 5.14. The molecule has 0 amide bonds. The van der Waals surface area contributed by atoms with E-state index in [0.717, 1.165) is 30.6 Å². The fourth-order valence-corrected chi connectivity index (χ4v) is 2.34. The molecule has 2 aromatic rings. The Balaban J connectivity index is 2.41. The van der Waals surface area contributed by atoms with Gasteiger partial charge in [-0.15, -0.1) is 5.10 Å². The Hall–Kier alpha value is -2.11. The molecule has 1 aromatic heterocycles. The minimum Gasteiger partial charge on any atom is -0.493 e. The second-order valence-electron chi connectivity index (χ2n) is 5.09. The summed E-state index contributed by atoms with van der Waals surface area (Å²) in [6.45, 7) is 6.81. The molecule has 0 bridgehead atoms. The summed E-state index contributed by atoms with van der Waals surface area (Å²) in [6, 6.07) is 5.83. The van der Waals surface area contributed by atoms with E-state index < -0.39 is 0 Å². The highest BCUT2D eigenvalue weighted by Crippen LogP contribution is 2.35. The number of ether oxygens (including phenoxy) is 1. The van der Waals surface area contributed by atoms with Crippen LogP contribution >= 0.6 is 0 Å². The van der Waals surface area contributed by atoms with Crippen molar-refractivity contribution in [3.05, 3.63) is 18.2 Å². The Morgan fingerprint density at radius 2 is 2.14 bits per heavy atom. The summed E-state index contributed by atoms with van der Waals surface area (Å²) in [5.41, 5.74) is 7.52. The van der Waals surface area contributed by atoms with Crippen molar-refractivity contribution in [2.45, 2.75) is 46.1 Å². The van der Waals surface area contributed by atoms with Crippen LogP contribution in [0.25, 0.3) is 11.4 Å². The lowest BCUT2D eigenvalue weighted by molar-refractivity contribution is 0.341. The zero-order valence-electron chi connectivity index (χ0n) is 12.9. The summed E-state index contributed by atoms with van der Waals surface area (Å²) in [5, 5.41) is 12.1. The van der Waals surface area contributed by atoms with E-state index in [2.05, 4.69) is 29.4 Å². The third-order valence-electron chi connectivity index (χ3n) is 3.47. The van der Waals surface area contributed by atoms with Crippen molar-refractivity contribution in [3.63, 3.8) is 0 Å². The van der Waals surface area contributed by atoms with Crippen LogP contribution in [0, 0.1) is 0 Å². The first-order valence-electron chi connectivity index (χ1n) is 7.48. The van der Waals surface area contributed by atoms with Gasteiger partial charge in [0.25, 0.3) is 0 Å². The summed E-state index contributed by atoms with van der Waals surface area (Å²) in [7, 11) is 0. The Morgan fingerprint density at radius 1 is 1.33 bits per heavy atom. The molecule has 0 aliphatic rings. The SMILES string of the molecule is CCCCC(C)n1nnnc1-c1c(N)cccc1OCC. The van der Waals surface area contributed by atoms with Crippen LogP contribution in [0.15, 0.2) is 18.2 Å². The van der Waals surface area contributed by atoms with E-state index in [9.17, 15) is 0 Å². The Morgan fingerprint density at radius 3 is 2.86 bits per heavy atom. The number of hydrogen-bond acceptors (Lipinski definition) is 5. The number of nitrogens with zero attached hydrogens (tertiary/aromatic N) is 4. The zero-order valence-corrected chi connectivity index (χ0v) is 12.9. The van der Waals surface area contributed by atoms with Gasteiger partial charge < -0.3 is 10.5 Å². The predicted octanol–water partition coefficient (Wildman–Crippen LogP) is 3.07. The van der Waals surface area contributed by atoms with Gasteiger partial charge in [0.05, 0.1) is 18.2 Å². The first kappa shape index (κ1) is 15.3. The second-order valence-corrected chi connectivity index (χ2v) is 5.09. The Labute approximate surface area is 125 Å². The van der Waals surface area contributed by atoms with Crippen LogP contribution in [0.1, 0.15) is 46.1 Å². The molecule has 0 fully saturated rings. The van der Waals surface area contributed by atoms with E-state index in [1.807, 2.05) is 29.8 Å². The van der Waals surface area contributed by atoms with Crippen molar-refractivity contribution in [1.29, 1.82) is 0 Å². The van der Waals surface area contributed by atoms with E-state index in [-0.39, 0.29) is 6.04 Å². The number of rotatable bonds is 7. The third-order valence-corrected chi connectivity index (χ3v) is 3.47. The molecule has 0 saturated heterocycles. The molecular formula is C15H23N5O. The van der Waals surface area contributed by atoms with Crippen LogP contribution in [0.5, 0.6) is 5.75 Å². The average Bonchev–Trinajstić information content (AvgIpc) is 2.94. The first-order chi connectivity index (χ1) is 10.2.